The van der Waals surface area contributed by atoms with Crippen LogP contribution in [-0.4, -0.2) is 18.4 Å². The summed E-state index contributed by atoms with van der Waals surface area (Å²) < 4.78 is 0. The lowest BCUT2D eigenvalue weighted by atomic mass is 9.70. The molecule has 4 heteroatoms. The van der Waals surface area contributed by atoms with Crippen LogP contribution in [0, 0.1) is 17.3 Å². The largest absolute Gasteiger partial charge is 0.368 e. The molecule has 17 heavy (non-hydrogen) atoms. The molecule has 1 saturated carbocycles. The second-order valence-corrected chi connectivity index (χ2v) is 6.10. The average Bonchev–Trinajstić information content (AvgIpc) is 2.25. The number of primary amides is 1. The highest BCUT2D eigenvalue weighted by molar-refractivity contribution is 5.84. The number of carbonyl (C=O) groups is 2. The Labute approximate surface area is 103 Å². The van der Waals surface area contributed by atoms with Crippen molar-refractivity contribution < 1.29 is 9.59 Å². The van der Waals surface area contributed by atoms with Gasteiger partial charge in [0.05, 0.1) is 6.54 Å². The first-order valence-electron chi connectivity index (χ1n) is 6.36. The molecule has 98 valence electrons. The van der Waals surface area contributed by atoms with Gasteiger partial charge in [0.2, 0.25) is 11.8 Å². The molecule has 2 amide bonds. The molecule has 0 unspecified atom stereocenters. The van der Waals surface area contributed by atoms with Gasteiger partial charge in [-0.1, -0.05) is 20.8 Å². The lowest BCUT2D eigenvalue weighted by molar-refractivity contribution is -0.128. The predicted octanol–water partition coefficient (Wildman–Crippen LogP) is 1.44. The Morgan fingerprint density at radius 1 is 1.18 bits per heavy atom. The first-order valence-corrected chi connectivity index (χ1v) is 6.36. The Kier molecular flexibility index (Phi) is 4.54. The van der Waals surface area contributed by atoms with Crippen LogP contribution in [0.3, 0.4) is 0 Å². The van der Waals surface area contributed by atoms with E-state index in [0.717, 1.165) is 25.7 Å². The van der Waals surface area contributed by atoms with E-state index < -0.39 is 5.91 Å². The van der Waals surface area contributed by atoms with Gasteiger partial charge in [0.25, 0.3) is 0 Å². The summed E-state index contributed by atoms with van der Waals surface area (Å²) >= 11 is 0. The molecule has 1 fully saturated rings. The third kappa shape index (κ3) is 4.36. The molecule has 0 spiro atoms. The predicted molar refractivity (Wildman–Crippen MR) is 67.1 cm³/mol. The zero-order valence-corrected chi connectivity index (χ0v) is 11.1. The van der Waals surface area contributed by atoms with Gasteiger partial charge >= 0.3 is 0 Å². The van der Waals surface area contributed by atoms with Crippen LogP contribution in [0.1, 0.15) is 46.5 Å². The molecular weight excluding hydrogens is 216 g/mol. The second-order valence-electron chi connectivity index (χ2n) is 6.10. The van der Waals surface area contributed by atoms with E-state index in [9.17, 15) is 9.59 Å². The maximum atomic E-state index is 11.7. The fourth-order valence-electron chi connectivity index (χ4n) is 2.54. The lowest BCUT2D eigenvalue weighted by Crippen LogP contribution is -2.39. The number of nitrogens with two attached hydrogens (primary N) is 1. The Bertz CT molecular complexity index is 286. The van der Waals surface area contributed by atoms with Gasteiger partial charge in [-0.25, -0.2) is 0 Å². The van der Waals surface area contributed by atoms with E-state index in [1.54, 1.807) is 0 Å². The Balaban J connectivity index is 2.36. The van der Waals surface area contributed by atoms with Crippen molar-refractivity contribution in [3.05, 3.63) is 0 Å². The summed E-state index contributed by atoms with van der Waals surface area (Å²) in [6.45, 7) is 6.72. The Hall–Kier alpha value is -1.06. The maximum Gasteiger partial charge on any atom is 0.236 e. The summed E-state index contributed by atoms with van der Waals surface area (Å²) in [5.41, 5.74) is 5.32. The molecule has 0 heterocycles. The van der Waals surface area contributed by atoms with Gasteiger partial charge in [0, 0.05) is 5.92 Å². The van der Waals surface area contributed by atoms with Gasteiger partial charge in [-0.05, 0) is 37.0 Å². The number of amides is 2. The van der Waals surface area contributed by atoms with Crippen molar-refractivity contribution >= 4 is 11.8 Å². The van der Waals surface area contributed by atoms with Crippen LogP contribution in [-0.2, 0) is 9.59 Å². The van der Waals surface area contributed by atoms with E-state index in [4.69, 9.17) is 5.73 Å². The van der Waals surface area contributed by atoms with Crippen LogP contribution in [0.2, 0.25) is 0 Å². The standard InChI is InChI=1S/C13H24N2O2/c1-13(2,3)10-6-4-9(5-7-10)12(17)15-8-11(14)16/h9-10H,4-8H2,1-3H3,(H2,14,16)(H,15,17). The molecule has 3 N–H and O–H groups in total. The molecular formula is C13H24N2O2. The highest BCUT2D eigenvalue weighted by Crippen LogP contribution is 2.39. The van der Waals surface area contributed by atoms with Crippen LogP contribution in [0.15, 0.2) is 0 Å². The summed E-state index contributed by atoms with van der Waals surface area (Å²) in [4.78, 5) is 22.3. The molecule has 0 aromatic carbocycles. The smallest absolute Gasteiger partial charge is 0.236 e. The quantitative estimate of drug-likeness (QED) is 0.783. The van der Waals surface area contributed by atoms with Crippen LogP contribution in [0.25, 0.3) is 0 Å². The lowest BCUT2D eigenvalue weighted by Gasteiger charge is -2.36. The Morgan fingerprint density at radius 2 is 1.71 bits per heavy atom. The topological polar surface area (TPSA) is 72.2 Å². The fraction of sp³-hybridized carbons (Fsp3) is 0.846. The van der Waals surface area contributed by atoms with E-state index in [1.165, 1.54) is 0 Å². The molecule has 1 aliphatic rings. The third-order valence-corrected chi connectivity index (χ3v) is 3.76. The van der Waals surface area contributed by atoms with Crippen molar-refractivity contribution in [3.8, 4) is 0 Å². The highest BCUT2D eigenvalue weighted by Gasteiger charge is 2.32. The number of hydrogen-bond donors (Lipinski definition) is 2. The number of hydrogen-bond acceptors (Lipinski definition) is 2. The molecule has 1 rings (SSSR count). The van der Waals surface area contributed by atoms with Crippen LogP contribution in [0.5, 0.6) is 0 Å². The zero-order chi connectivity index (χ0) is 13.1. The van der Waals surface area contributed by atoms with E-state index in [0.29, 0.717) is 11.3 Å². The summed E-state index contributed by atoms with van der Waals surface area (Å²) in [6.07, 6.45) is 4.04. The first kappa shape index (κ1) is 14.0. The van der Waals surface area contributed by atoms with E-state index >= 15 is 0 Å². The first-order chi connectivity index (χ1) is 7.80. The van der Waals surface area contributed by atoms with E-state index in [1.807, 2.05) is 0 Å². The summed E-state index contributed by atoms with van der Waals surface area (Å²) in [5.74, 6) is 0.258. The van der Waals surface area contributed by atoms with Gasteiger partial charge in [0.1, 0.15) is 0 Å². The minimum Gasteiger partial charge on any atom is -0.368 e. The monoisotopic (exact) mass is 240 g/mol. The van der Waals surface area contributed by atoms with E-state index in [-0.39, 0.29) is 18.4 Å². The Morgan fingerprint density at radius 3 is 2.12 bits per heavy atom. The zero-order valence-electron chi connectivity index (χ0n) is 11.1. The molecule has 0 aromatic heterocycles. The second kappa shape index (κ2) is 5.52. The number of rotatable bonds is 3. The van der Waals surface area contributed by atoms with Crippen LogP contribution in [0.4, 0.5) is 0 Å². The van der Waals surface area contributed by atoms with Crippen LogP contribution < -0.4 is 11.1 Å². The van der Waals surface area contributed by atoms with Crippen molar-refractivity contribution in [2.45, 2.75) is 46.5 Å². The number of nitrogens with one attached hydrogen (secondary N) is 1. The van der Waals surface area contributed by atoms with Gasteiger partial charge < -0.3 is 11.1 Å². The van der Waals surface area contributed by atoms with Crippen molar-refractivity contribution in [2.75, 3.05) is 6.54 Å². The van der Waals surface area contributed by atoms with Crippen molar-refractivity contribution in [1.82, 2.24) is 5.32 Å². The van der Waals surface area contributed by atoms with Crippen molar-refractivity contribution in [1.29, 1.82) is 0 Å². The third-order valence-electron chi connectivity index (χ3n) is 3.76. The van der Waals surface area contributed by atoms with Gasteiger partial charge in [-0.2, -0.15) is 0 Å². The fourth-order valence-corrected chi connectivity index (χ4v) is 2.54. The molecule has 0 aliphatic heterocycles. The van der Waals surface area contributed by atoms with Crippen molar-refractivity contribution in [3.63, 3.8) is 0 Å². The van der Waals surface area contributed by atoms with Crippen molar-refractivity contribution in [2.24, 2.45) is 23.0 Å². The number of carbonyl (C=O) groups excluding carboxylic acids is 2. The van der Waals surface area contributed by atoms with Gasteiger partial charge in [0.15, 0.2) is 0 Å². The van der Waals surface area contributed by atoms with Gasteiger partial charge in [-0.3, -0.25) is 9.59 Å². The summed E-state index contributed by atoms with van der Waals surface area (Å²) in [5, 5.41) is 2.59. The van der Waals surface area contributed by atoms with E-state index in [2.05, 4.69) is 26.1 Å². The SMILES string of the molecule is CC(C)(C)C1CCC(C(=O)NCC(N)=O)CC1. The molecule has 0 bridgehead atoms. The minimum atomic E-state index is -0.485. The molecule has 0 aromatic rings. The molecule has 1 aliphatic carbocycles. The molecule has 0 saturated heterocycles. The average molecular weight is 240 g/mol. The molecule has 0 radical (unpaired) electrons. The maximum absolute atomic E-state index is 11.7. The summed E-state index contributed by atoms with van der Waals surface area (Å²) in [6, 6.07) is 0. The van der Waals surface area contributed by atoms with Gasteiger partial charge in [-0.15, -0.1) is 0 Å². The minimum absolute atomic E-state index is 0.0174. The molecule has 0 atom stereocenters. The highest BCUT2D eigenvalue weighted by atomic mass is 16.2. The van der Waals surface area contributed by atoms with Crippen LogP contribution >= 0.6 is 0 Å². The molecule has 4 nitrogen and oxygen atoms in total. The normalized spacial score (nSPS) is 25.4. The summed E-state index contributed by atoms with van der Waals surface area (Å²) in [7, 11) is 0.